The Morgan fingerprint density at radius 3 is 2.68 bits per heavy atom. The lowest BCUT2D eigenvalue weighted by Gasteiger charge is -2.19. The minimum absolute atomic E-state index is 0.717. The van der Waals surface area contributed by atoms with Crippen molar-refractivity contribution in [3.8, 4) is 0 Å². The Bertz CT molecular complexity index is 469. The van der Waals surface area contributed by atoms with E-state index in [-0.39, 0.29) is 0 Å². The van der Waals surface area contributed by atoms with Crippen molar-refractivity contribution in [3.05, 3.63) is 34.9 Å². The standard InChI is InChI=1S/C18H25N/c1-19-17(18-15-6-3-7-16(15)18)11-12-8-9-13-4-2-5-14(13)10-12/h8-10,15-19H,2-7,11H2,1H3. The molecule has 19 heavy (non-hydrogen) atoms. The van der Waals surface area contributed by atoms with E-state index in [1.807, 2.05) is 0 Å². The van der Waals surface area contributed by atoms with Crippen LogP contribution in [0.5, 0.6) is 0 Å². The Kier molecular flexibility index (Phi) is 2.91. The van der Waals surface area contributed by atoms with Crippen molar-refractivity contribution < 1.29 is 0 Å². The van der Waals surface area contributed by atoms with Gasteiger partial charge in [0, 0.05) is 6.04 Å². The van der Waals surface area contributed by atoms with Crippen molar-refractivity contribution >= 4 is 0 Å². The van der Waals surface area contributed by atoms with E-state index in [0.717, 1.165) is 23.8 Å². The van der Waals surface area contributed by atoms with E-state index in [0.29, 0.717) is 0 Å². The van der Waals surface area contributed by atoms with Gasteiger partial charge in [-0.3, -0.25) is 0 Å². The second-order valence-corrected chi connectivity index (χ2v) is 6.89. The molecule has 1 heteroatoms. The van der Waals surface area contributed by atoms with Crippen LogP contribution in [0.4, 0.5) is 0 Å². The summed E-state index contributed by atoms with van der Waals surface area (Å²) in [6, 6.07) is 7.98. The Morgan fingerprint density at radius 2 is 1.89 bits per heavy atom. The van der Waals surface area contributed by atoms with Gasteiger partial charge >= 0.3 is 0 Å². The summed E-state index contributed by atoms with van der Waals surface area (Å²) in [6.07, 6.45) is 9.69. The first-order valence-electron chi connectivity index (χ1n) is 8.15. The quantitative estimate of drug-likeness (QED) is 0.870. The minimum Gasteiger partial charge on any atom is -0.316 e. The van der Waals surface area contributed by atoms with Gasteiger partial charge in [-0.1, -0.05) is 24.6 Å². The molecule has 0 saturated heterocycles. The highest BCUT2D eigenvalue weighted by atomic mass is 14.9. The van der Waals surface area contributed by atoms with Gasteiger partial charge in [0.15, 0.2) is 0 Å². The molecule has 3 unspecified atom stereocenters. The third kappa shape index (κ3) is 2.03. The number of hydrogen-bond donors (Lipinski definition) is 1. The number of nitrogens with one attached hydrogen (secondary N) is 1. The molecule has 0 aromatic heterocycles. The molecule has 1 nitrogen and oxygen atoms in total. The molecule has 1 N–H and O–H groups in total. The van der Waals surface area contributed by atoms with E-state index >= 15 is 0 Å². The number of benzene rings is 1. The lowest BCUT2D eigenvalue weighted by atomic mass is 9.95. The third-order valence-corrected chi connectivity index (χ3v) is 5.93. The van der Waals surface area contributed by atoms with Crippen molar-refractivity contribution in [3.63, 3.8) is 0 Å². The monoisotopic (exact) mass is 255 g/mol. The Labute approximate surface area is 116 Å². The SMILES string of the molecule is CNC(Cc1ccc2c(c1)CCC2)C1C2CCCC21. The molecule has 3 aliphatic rings. The highest BCUT2D eigenvalue weighted by molar-refractivity contribution is 5.35. The van der Waals surface area contributed by atoms with Crippen molar-refractivity contribution in [1.29, 1.82) is 0 Å². The summed E-state index contributed by atoms with van der Waals surface area (Å²) in [6.45, 7) is 0. The number of likely N-dealkylation sites (N-methyl/N-ethyl adjacent to an activating group) is 1. The third-order valence-electron chi connectivity index (χ3n) is 5.93. The minimum atomic E-state index is 0.717. The average molecular weight is 255 g/mol. The van der Waals surface area contributed by atoms with Crippen LogP contribution in [0.2, 0.25) is 0 Å². The predicted molar refractivity (Wildman–Crippen MR) is 79.3 cm³/mol. The fourth-order valence-corrected chi connectivity index (χ4v) is 4.91. The summed E-state index contributed by atoms with van der Waals surface area (Å²) in [5, 5.41) is 3.61. The van der Waals surface area contributed by atoms with Crippen molar-refractivity contribution in [2.45, 2.75) is 51.0 Å². The van der Waals surface area contributed by atoms with Gasteiger partial charge in [0.2, 0.25) is 0 Å². The normalized spacial score (nSPS) is 33.0. The van der Waals surface area contributed by atoms with E-state index in [4.69, 9.17) is 0 Å². The van der Waals surface area contributed by atoms with Crippen molar-refractivity contribution in [2.75, 3.05) is 7.05 Å². The van der Waals surface area contributed by atoms with Gasteiger partial charge in [0.25, 0.3) is 0 Å². The highest BCUT2D eigenvalue weighted by Gasteiger charge is 2.55. The first-order chi connectivity index (χ1) is 9.36. The molecule has 1 aromatic carbocycles. The summed E-state index contributed by atoms with van der Waals surface area (Å²) in [7, 11) is 2.16. The number of aryl methyl sites for hydroxylation is 2. The van der Waals surface area contributed by atoms with Gasteiger partial charge < -0.3 is 5.32 Å². The fourth-order valence-electron chi connectivity index (χ4n) is 4.91. The lowest BCUT2D eigenvalue weighted by molar-refractivity contribution is 0.428. The van der Waals surface area contributed by atoms with Crippen LogP contribution in [0, 0.1) is 17.8 Å². The summed E-state index contributed by atoms with van der Waals surface area (Å²) < 4.78 is 0. The van der Waals surface area contributed by atoms with Gasteiger partial charge in [-0.05, 0) is 80.0 Å². The largest absolute Gasteiger partial charge is 0.316 e. The number of rotatable bonds is 4. The lowest BCUT2D eigenvalue weighted by Crippen LogP contribution is -2.31. The average Bonchev–Trinajstić information content (AvgIpc) is 2.86. The van der Waals surface area contributed by atoms with E-state index < -0.39 is 0 Å². The van der Waals surface area contributed by atoms with Crippen LogP contribution in [-0.4, -0.2) is 13.1 Å². The van der Waals surface area contributed by atoms with E-state index in [1.165, 1.54) is 44.9 Å². The smallest absolute Gasteiger partial charge is 0.0138 e. The van der Waals surface area contributed by atoms with E-state index in [2.05, 4.69) is 30.6 Å². The first kappa shape index (κ1) is 12.0. The number of fused-ring (bicyclic) bond motifs is 2. The molecule has 0 bridgehead atoms. The molecule has 2 fully saturated rings. The molecule has 0 aliphatic heterocycles. The topological polar surface area (TPSA) is 12.0 Å². The fraction of sp³-hybridized carbons (Fsp3) is 0.667. The van der Waals surface area contributed by atoms with E-state index in [9.17, 15) is 0 Å². The molecule has 0 spiro atoms. The van der Waals surface area contributed by atoms with Crippen LogP contribution in [0.25, 0.3) is 0 Å². The van der Waals surface area contributed by atoms with Crippen molar-refractivity contribution in [1.82, 2.24) is 5.32 Å². The van der Waals surface area contributed by atoms with Crippen molar-refractivity contribution in [2.24, 2.45) is 17.8 Å². The van der Waals surface area contributed by atoms with E-state index in [1.54, 1.807) is 16.7 Å². The summed E-state index contributed by atoms with van der Waals surface area (Å²) in [4.78, 5) is 0. The summed E-state index contributed by atoms with van der Waals surface area (Å²) >= 11 is 0. The maximum Gasteiger partial charge on any atom is 0.0138 e. The molecule has 0 radical (unpaired) electrons. The molecule has 4 rings (SSSR count). The van der Waals surface area contributed by atoms with Crippen LogP contribution in [-0.2, 0) is 19.3 Å². The Morgan fingerprint density at radius 1 is 1.11 bits per heavy atom. The molecule has 3 atom stereocenters. The van der Waals surface area contributed by atoms with Gasteiger partial charge in [0.05, 0.1) is 0 Å². The summed E-state index contributed by atoms with van der Waals surface area (Å²) in [5.74, 6) is 3.10. The van der Waals surface area contributed by atoms with Crippen LogP contribution >= 0.6 is 0 Å². The molecule has 2 saturated carbocycles. The second-order valence-electron chi connectivity index (χ2n) is 6.89. The Hall–Kier alpha value is -0.820. The zero-order valence-corrected chi connectivity index (χ0v) is 12.0. The molecular weight excluding hydrogens is 230 g/mol. The van der Waals surface area contributed by atoms with Crippen LogP contribution in [0.15, 0.2) is 18.2 Å². The van der Waals surface area contributed by atoms with Crippen LogP contribution < -0.4 is 5.32 Å². The van der Waals surface area contributed by atoms with Crippen LogP contribution in [0.1, 0.15) is 42.4 Å². The molecule has 1 aromatic rings. The molecule has 102 valence electrons. The number of hydrogen-bond acceptors (Lipinski definition) is 1. The molecule has 3 aliphatic carbocycles. The van der Waals surface area contributed by atoms with Crippen LogP contribution in [0.3, 0.4) is 0 Å². The molecule has 0 heterocycles. The first-order valence-corrected chi connectivity index (χ1v) is 8.15. The zero-order chi connectivity index (χ0) is 12.8. The predicted octanol–water partition coefficient (Wildman–Crippen LogP) is 3.35. The van der Waals surface area contributed by atoms with Gasteiger partial charge in [-0.2, -0.15) is 0 Å². The second kappa shape index (κ2) is 4.63. The summed E-state index contributed by atoms with van der Waals surface area (Å²) in [5.41, 5.74) is 4.79. The molecule has 0 amide bonds. The van der Waals surface area contributed by atoms with Gasteiger partial charge in [-0.25, -0.2) is 0 Å². The van der Waals surface area contributed by atoms with Gasteiger partial charge in [0.1, 0.15) is 0 Å². The highest BCUT2D eigenvalue weighted by Crippen LogP contribution is 2.59. The zero-order valence-electron chi connectivity index (χ0n) is 12.0. The van der Waals surface area contributed by atoms with Gasteiger partial charge in [-0.15, -0.1) is 0 Å². The Balaban J connectivity index is 1.47. The maximum absolute atomic E-state index is 3.61. The maximum atomic E-state index is 3.61. The molecular formula is C18H25N.